The van der Waals surface area contributed by atoms with Gasteiger partial charge in [-0.1, -0.05) is 157 Å². The molecule has 0 saturated carbocycles. The lowest BCUT2D eigenvalue weighted by Crippen LogP contribution is -2.28. The fourth-order valence-corrected chi connectivity index (χ4v) is 6.35. The van der Waals surface area contributed by atoms with Crippen molar-refractivity contribution in [1.29, 1.82) is 0 Å². The van der Waals surface area contributed by atoms with E-state index in [2.05, 4.69) is 98.9 Å². The number of hydrogen-bond acceptors (Lipinski definition) is 7. The maximum atomic E-state index is 12.6. The number of esters is 1. The molecule has 0 spiro atoms. The van der Waals surface area contributed by atoms with Gasteiger partial charge in [-0.15, -0.1) is 0 Å². The van der Waals surface area contributed by atoms with E-state index in [0.29, 0.717) is 13.0 Å². The summed E-state index contributed by atoms with van der Waals surface area (Å²) in [6.45, 7) is 4.68. The Morgan fingerprint density at radius 3 is 1.50 bits per heavy atom. The fraction of sp³-hybridized carbons (Fsp3) is 0.681. The second-order valence-electron chi connectivity index (χ2n) is 14.2. The van der Waals surface area contributed by atoms with Crippen LogP contribution < -0.4 is 5.73 Å². The predicted octanol–water partition coefficient (Wildman–Crippen LogP) is 13.3. The molecule has 0 saturated heterocycles. The Balaban J connectivity index is 4.13. The zero-order chi connectivity index (χ0) is 40.9. The smallest absolute Gasteiger partial charge is 0.457 e. The summed E-state index contributed by atoms with van der Waals surface area (Å²) in [5.41, 5.74) is 5.37. The van der Waals surface area contributed by atoms with Crippen LogP contribution in [-0.2, 0) is 27.9 Å². The molecule has 0 rings (SSSR count). The molecule has 0 aliphatic carbocycles. The van der Waals surface area contributed by atoms with Crippen molar-refractivity contribution in [3.05, 3.63) is 85.1 Å². The van der Waals surface area contributed by atoms with E-state index in [9.17, 15) is 14.3 Å². The van der Waals surface area contributed by atoms with E-state index in [4.69, 9.17) is 24.3 Å². The molecule has 2 atom stereocenters. The minimum absolute atomic E-state index is 0.0842. The minimum Gasteiger partial charge on any atom is -0.457 e. The number of rotatable bonds is 41. The van der Waals surface area contributed by atoms with Gasteiger partial charge in [0.05, 0.1) is 19.8 Å². The van der Waals surface area contributed by atoms with Gasteiger partial charge in [-0.2, -0.15) is 0 Å². The minimum atomic E-state index is -4.30. The highest BCUT2D eigenvalue weighted by molar-refractivity contribution is 7.47. The predicted molar refractivity (Wildman–Crippen MR) is 238 cm³/mol. The number of allylic oxidation sites excluding steroid dienone is 14. The van der Waals surface area contributed by atoms with E-state index in [1.165, 1.54) is 51.4 Å². The first-order valence-corrected chi connectivity index (χ1v) is 23.6. The van der Waals surface area contributed by atoms with Crippen LogP contribution in [-0.4, -0.2) is 49.9 Å². The molecular formula is C47H82NO7P. The zero-order valence-corrected chi connectivity index (χ0v) is 36.5. The Bertz CT molecular complexity index is 1130. The first-order chi connectivity index (χ1) is 27.4. The molecule has 0 aliphatic rings. The average molecular weight is 804 g/mol. The van der Waals surface area contributed by atoms with E-state index in [0.717, 1.165) is 96.3 Å². The van der Waals surface area contributed by atoms with Gasteiger partial charge < -0.3 is 20.1 Å². The van der Waals surface area contributed by atoms with Gasteiger partial charge in [0.15, 0.2) is 0 Å². The molecule has 0 bridgehead atoms. The molecule has 0 aromatic heterocycles. The van der Waals surface area contributed by atoms with Gasteiger partial charge in [-0.05, 0) is 89.9 Å². The van der Waals surface area contributed by atoms with Crippen LogP contribution in [0.2, 0.25) is 0 Å². The van der Waals surface area contributed by atoms with Crippen LogP contribution in [0, 0.1) is 0 Å². The van der Waals surface area contributed by atoms with E-state index in [1.54, 1.807) is 0 Å². The van der Waals surface area contributed by atoms with E-state index >= 15 is 0 Å². The molecule has 0 fully saturated rings. The number of phosphoric acid groups is 1. The third-order valence-electron chi connectivity index (χ3n) is 8.80. The first kappa shape index (κ1) is 53.7. The van der Waals surface area contributed by atoms with Crippen molar-refractivity contribution < 1.29 is 32.8 Å². The summed E-state index contributed by atoms with van der Waals surface area (Å²) in [7, 11) is -4.30. The summed E-state index contributed by atoms with van der Waals surface area (Å²) in [6.07, 6.45) is 56.0. The van der Waals surface area contributed by atoms with Crippen molar-refractivity contribution in [2.45, 2.75) is 174 Å². The number of ether oxygens (including phenoxy) is 2. The topological polar surface area (TPSA) is 117 Å². The number of phosphoric ester groups is 1. The van der Waals surface area contributed by atoms with Crippen molar-refractivity contribution in [3.8, 4) is 0 Å². The second-order valence-corrected chi connectivity index (χ2v) is 15.6. The van der Waals surface area contributed by atoms with Gasteiger partial charge in [-0.3, -0.25) is 13.8 Å². The average Bonchev–Trinajstić information content (AvgIpc) is 3.19. The molecule has 2 unspecified atom stereocenters. The van der Waals surface area contributed by atoms with Crippen molar-refractivity contribution in [2.75, 3.05) is 33.0 Å². The first-order valence-electron chi connectivity index (χ1n) is 22.1. The van der Waals surface area contributed by atoms with E-state index in [1.807, 2.05) is 0 Å². The van der Waals surface area contributed by atoms with Gasteiger partial charge >= 0.3 is 13.8 Å². The quantitative estimate of drug-likeness (QED) is 0.0272. The molecule has 0 aromatic carbocycles. The van der Waals surface area contributed by atoms with Gasteiger partial charge in [0, 0.05) is 19.6 Å². The molecular weight excluding hydrogens is 721 g/mol. The Labute approximate surface area is 343 Å². The largest absolute Gasteiger partial charge is 0.472 e. The fourth-order valence-electron chi connectivity index (χ4n) is 5.58. The number of unbranched alkanes of at least 4 members (excludes halogenated alkanes) is 14. The molecule has 9 heteroatoms. The zero-order valence-electron chi connectivity index (χ0n) is 35.6. The van der Waals surface area contributed by atoms with E-state index in [-0.39, 0.29) is 32.3 Å². The summed E-state index contributed by atoms with van der Waals surface area (Å²) in [5, 5.41) is 0. The molecule has 8 nitrogen and oxygen atoms in total. The van der Waals surface area contributed by atoms with Crippen LogP contribution in [0.25, 0.3) is 0 Å². The second kappa shape index (κ2) is 43.8. The molecule has 0 radical (unpaired) electrons. The van der Waals surface area contributed by atoms with Crippen LogP contribution >= 0.6 is 7.82 Å². The number of hydrogen-bond donors (Lipinski definition) is 2. The summed E-state index contributed by atoms with van der Waals surface area (Å²) >= 11 is 0. The van der Waals surface area contributed by atoms with Gasteiger partial charge in [0.25, 0.3) is 0 Å². The Kier molecular flexibility index (Phi) is 42.0. The van der Waals surface area contributed by atoms with Crippen LogP contribution in [0.4, 0.5) is 0 Å². The summed E-state index contributed by atoms with van der Waals surface area (Å²) in [5.74, 6) is -0.358. The van der Waals surface area contributed by atoms with Crippen LogP contribution in [0.15, 0.2) is 85.1 Å². The molecule has 56 heavy (non-hydrogen) atoms. The summed E-state index contributed by atoms with van der Waals surface area (Å²) in [4.78, 5) is 22.5. The number of carbonyl (C=O) groups is 1. The molecule has 322 valence electrons. The van der Waals surface area contributed by atoms with Crippen LogP contribution in [0.3, 0.4) is 0 Å². The highest BCUT2D eigenvalue weighted by atomic mass is 31.2. The number of carbonyl (C=O) groups excluding carboxylic acids is 1. The maximum absolute atomic E-state index is 12.6. The van der Waals surface area contributed by atoms with Crippen molar-refractivity contribution in [2.24, 2.45) is 5.73 Å². The number of nitrogens with two attached hydrogens (primary N) is 1. The standard InChI is InChI=1S/C47H82NO7P/c1-3-5-7-9-11-13-15-17-19-21-22-23-24-25-26-28-30-32-34-36-38-40-47(49)55-46(45-54-56(50,51)53-43-41-48)44-52-42-39-37-35-33-31-29-27-20-18-16-14-12-10-8-6-4-2/h6,8,12,14-15,17-18,20-22,24-25,29,31,46H,3-5,7,9-11,13,16,19,23,26-28,30,32-45,48H2,1-2H3,(H,50,51)/b8-6-,14-12-,17-15-,20-18-,22-21-,25-24-,31-29-. The van der Waals surface area contributed by atoms with Crippen molar-refractivity contribution >= 4 is 13.8 Å². The Morgan fingerprint density at radius 2 is 1.00 bits per heavy atom. The molecule has 3 N–H and O–H groups in total. The molecule has 0 aromatic rings. The molecule has 0 aliphatic heterocycles. The lowest BCUT2D eigenvalue weighted by Gasteiger charge is -2.20. The van der Waals surface area contributed by atoms with Gasteiger partial charge in [0.1, 0.15) is 6.10 Å². The highest BCUT2D eigenvalue weighted by Gasteiger charge is 2.25. The Morgan fingerprint density at radius 1 is 0.554 bits per heavy atom. The SMILES string of the molecule is CC/C=C\C/C=C\C/C=C\C/C=C\CCCCCOCC(COP(=O)(O)OCCN)OC(=O)CCCCCCCC/C=C\C/C=C\C/C=C\CCCCCCC. The third kappa shape index (κ3) is 42.8. The Hall–Kier alpha value is -2.32. The maximum Gasteiger partial charge on any atom is 0.472 e. The lowest BCUT2D eigenvalue weighted by atomic mass is 10.1. The monoisotopic (exact) mass is 804 g/mol. The third-order valence-corrected chi connectivity index (χ3v) is 9.78. The van der Waals surface area contributed by atoms with Gasteiger partial charge in [-0.25, -0.2) is 4.57 Å². The van der Waals surface area contributed by atoms with Crippen molar-refractivity contribution in [1.82, 2.24) is 0 Å². The lowest BCUT2D eigenvalue weighted by molar-refractivity contribution is -0.154. The van der Waals surface area contributed by atoms with Gasteiger partial charge in [0.2, 0.25) is 0 Å². The molecule has 0 heterocycles. The summed E-state index contributed by atoms with van der Waals surface area (Å²) in [6, 6.07) is 0. The normalized spacial score (nSPS) is 14.3. The van der Waals surface area contributed by atoms with E-state index < -0.39 is 13.9 Å². The van der Waals surface area contributed by atoms with Crippen LogP contribution in [0.5, 0.6) is 0 Å². The van der Waals surface area contributed by atoms with Crippen LogP contribution in [0.1, 0.15) is 168 Å². The molecule has 0 amide bonds. The van der Waals surface area contributed by atoms with Crippen molar-refractivity contribution in [3.63, 3.8) is 0 Å². The highest BCUT2D eigenvalue weighted by Crippen LogP contribution is 2.43. The summed E-state index contributed by atoms with van der Waals surface area (Å²) < 4.78 is 33.4.